The van der Waals surface area contributed by atoms with E-state index in [1.165, 1.54) is 5.57 Å². The molecule has 0 radical (unpaired) electrons. The monoisotopic (exact) mass is 344 g/mol. The smallest absolute Gasteiger partial charge is 0.172 e. The van der Waals surface area contributed by atoms with Crippen molar-refractivity contribution in [3.8, 4) is 0 Å². The lowest BCUT2D eigenvalue weighted by Crippen LogP contribution is -2.58. The molecule has 3 atom stereocenters. The molecule has 0 aromatic rings. The van der Waals surface area contributed by atoms with Crippen molar-refractivity contribution < 1.29 is 14.3 Å². The van der Waals surface area contributed by atoms with Gasteiger partial charge in [-0.15, -0.1) is 0 Å². The van der Waals surface area contributed by atoms with Crippen molar-refractivity contribution in [2.24, 2.45) is 22.7 Å². The normalized spacial score (nSPS) is 30.4. The maximum absolute atomic E-state index is 13.4. The van der Waals surface area contributed by atoms with Crippen LogP contribution in [0.15, 0.2) is 35.1 Å². The number of methoxy groups -OCH3 is 1. The van der Waals surface area contributed by atoms with E-state index < -0.39 is 5.41 Å². The standard InChI is InChI=1S/C22H32O3/c1-14(2)8-9-16-13-22(11-10-15(3)4)18(23)12-17(25-7)19(20(22)24)21(16,5)6/h8,10,12,16,19H,9,11,13H2,1-7H3/t16-,19-,22+/m0/s1. The molecular formula is C22H32O3. The molecule has 0 aliphatic heterocycles. The Balaban J connectivity index is 2.57. The van der Waals surface area contributed by atoms with Crippen molar-refractivity contribution in [1.82, 2.24) is 0 Å². The topological polar surface area (TPSA) is 43.4 Å². The summed E-state index contributed by atoms with van der Waals surface area (Å²) in [5.74, 6) is 0.423. The van der Waals surface area contributed by atoms with E-state index in [4.69, 9.17) is 4.74 Å². The second-order valence-electron chi connectivity index (χ2n) is 8.72. The fraction of sp³-hybridized carbons (Fsp3) is 0.636. The molecule has 0 N–H and O–H groups in total. The fourth-order valence-corrected chi connectivity index (χ4v) is 4.31. The predicted octanol–water partition coefficient (Wildman–Crippen LogP) is 5.03. The van der Waals surface area contributed by atoms with Gasteiger partial charge in [-0.05, 0) is 58.3 Å². The molecule has 1 fully saturated rings. The van der Waals surface area contributed by atoms with Crippen LogP contribution in [0.1, 0.15) is 60.8 Å². The molecule has 2 aliphatic rings. The number of ketones is 2. The van der Waals surface area contributed by atoms with E-state index in [1.807, 2.05) is 19.9 Å². The van der Waals surface area contributed by atoms with Gasteiger partial charge in [0.1, 0.15) is 5.76 Å². The summed E-state index contributed by atoms with van der Waals surface area (Å²) in [4.78, 5) is 26.4. The fourth-order valence-electron chi connectivity index (χ4n) is 4.31. The molecule has 2 aliphatic carbocycles. The molecule has 25 heavy (non-hydrogen) atoms. The number of carbonyl (C=O) groups excluding carboxylic acids is 2. The Labute approximate surface area is 152 Å². The highest BCUT2D eigenvalue weighted by Gasteiger charge is 2.62. The van der Waals surface area contributed by atoms with Gasteiger partial charge in [-0.2, -0.15) is 0 Å². The number of allylic oxidation sites excluding steroid dienone is 6. The zero-order valence-corrected chi connectivity index (χ0v) is 16.7. The van der Waals surface area contributed by atoms with Gasteiger partial charge in [0.05, 0.1) is 18.4 Å². The third-order valence-electron chi connectivity index (χ3n) is 6.06. The second kappa shape index (κ2) is 6.93. The molecule has 1 saturated carbocycles. The molecule has 0 unspecified atom stereocenters. The molecule has 3 nitrogen and oxygen atoms in total. The van der Waals surface area contributed by atoms with Crippen molar-refractivity contribution in [3.05, 3.63) is 35.1 Å². The van der Waals surface area contributed by atoms with Gasteiger partial charge in [0.25, 0.3) is 0 Å². The third kappa shape index (κ3) is 3.38. The Hall–Kier alpha value is -1.64. The van der Waals surface area contributed by atoms with Gasteiger partial charge in [0.2, 0.25) is 0 Å². The van der Waals surface area contributed by atoms with Crippen LogP contribution in [0.2, 0.25) is 0 Å². The summed E-state index contributed by atoms with van der Waals surface area (Å²) < 4.78 is 5.49. The van der Waals surface area contributed by atoms with E-state index in [9.17, 15) is 9.59 Å². The minimum atomic E-state index is -0.917. The molecular weight excluding hydrogens is 312 g/mol. The van der Waals surface area contributed by atoms with Crippen LogP contribution >= 0.6 is 0 Å². The maximum Gasteiger partial charge on any atom is 0.172 e. The number of fused-ring (bicyclic) bond motifs is 2. The SMILES string of the molecule is COC1=CC(=O)[C@@]2(CC=C(C)C)C[C@H](CC=C(C)C)C(C)(C)[C@@H]1C2=O. The molecule has 0 heterocycles. The van der Waals surface area contributed by atoms with Crippen LogP contribution < -0.4 is 0 Å². The van der Waals surface area contributed by atoms with Crippen LogP contribution in [0, 0.1) is 22.7 Å². The van der Waals surface area contributed by atoms with E-state index in [0.29, 0.717) is 18.6 Å². The lowest BCUT2D eigenvalue weighted by molar-refractivity contribution is -0.156. The molecule has 0 aromatic heterocycles. The molecule has 2 rings (SSSR count). The summed E-state index contributed by atoms with van der Waals surface area (Å²) in [5.41, 5.74) is 1.25. The summed E-state index contributed by atoms with van der Waals surface area (Å²) in [6.07, 6.45) is 7.86. The number of rotatable bonds is 5. The minimum absolute atomic E-state index is 0.0489. The van der Waals surface area contributed by atoms with Gasteiger partial charge >= 0.3 is 0 Å². The quantitative estimate of drug-likeness (QED) is 0.519. The second-order valence-corrected chi connectivity index (χ2v) is 8.72. The van der Waals surface area contributed by atoms with E-state index in [1.54, 1.807) is 13.2 Å². The van der Waals surface area contributed by atoms with Crippen molar-refractivity contribution >= 4 is 11.6 Å². The Morgan fingerprint density at radius 2 is 1.76 bits per heavy atom. The Kier molecular flexibility index (Phi) is 5.46. The average molecular weight is 344 g/mol. The van der Waals surface area contributed by atoms with Gasteiger partial charge in [-0.25, -0.2) is 0 Å². The summed E-state index contributed by atoms with van der Waals surface area (Å²) >= 11 is 0. The van der Waals surface area contributed by atoms with Gasteiger partial charge in [0.15, 0.2) is 11.6 Å². The van der Waals surface area contributed by atoms with Crippen molar-refractivity contribution in [1.29, 1.82) is 0 Å². The first-order valence-corrected chi connectivity index (χ1v) is 9.17. The Morgan fingerprint density at radius 3 is 2.28 bits per heavy atom. The molecule has 0 saturated heterocycles. The average Bonchev–Trinajstić information content (AvgIpc) is 2.50. The highest BCUT2D eigenvalue weighted by Crippen LogP contribution is 2.58. The van der Waals surface area contributed by atoms with E-state index in [-0.39, 0.29) is 28.8 Å². The Bertz CT molecular complexity index is 655. The zero-order chi connectivity index (χ0) is 19.0. The van der Waals surface area contributed by atoms with Gasteiger partial charge in [-0.3, -0.25) is 9.59 Å². The number of ether oxygens (including phenoxy) is 1. The number of Topliss-reactive ketones (excluding diaryl/α,β-unsaturated/α-hetero) is 1. The van der Waals surface area contributed by atoms with Crippen molar-refractivity contribution in [2.75, 3.05) is 7.11 Å². The van der Waals surface area contributed by atoms with Crippen molar-refractivity contribution in [3.63, 3.8) is 0 Å². The molecule has 3 heteroatoms. The molecule has 138 valence electrons. The van der Waals surface area contributed by atoms with Crippen LogP contribution in [-0.4, -0.2) is 18.7 Å². The molecule has 0 spiro atoms. The van der Waals surface area contributed by atoms with E-state index >= 15 is 0 Å². The van der Waals surface area contributed by atoms with Gasteiger partial charge in [-0.1, -0.05) is 37.1 Å². The van der Waals surface area contributed by atoms with Crippen LogP contribution in [-0.2, 0) is 14.3 Å². The van der Waals surface area contributed by atoms with Crippen LogP contribution in [0.3, 0.4) is 0 Å². The van der Waals surface area contributed by atoms with E-state index in [2.05, 4.69) is 33.8 Å². The summed E-state index contributed by atoms with van der Waals surface area (Å²) in [5, 5.41) is 0. The van der Waals surface area contributed by atoms with Gasteiger partial charge < -0.3 is 4.74 Å². The first kappa shape index (κ1) is 19.7. The lowest BCUT2D eigenvalue weighted by atomic mass is 9.48. The third-order valence-corrected chi connectivity index (χ3v) is 6.06. The zero-order valence-electron chi connectivity index (χ0n) is 16.7. The first-order chi connectivity index (χ1) is 11.6. The predicted molar refractivity (Wildman–Crippen MR) is 101 cm³/mol. The summed E-state index contributed by atoms with van der Waals surface area (Å²) in [7, 11) is 1.56. The largest absolute Gasteiger partial charge is 0.500 e. The number of hydrogen-bond acceptors (Lipinski definition) is 3. The Morgan fingerprint density at radius 1 is 1.16 bits per heavy atom. The van der Waals surface area contributed by atoms with Crippen molar-refractivity contribution in [2.45, 2.75) is 60.8 Å². The molecule has 0 aromatic carbocycles. The van der Waals surface area contributed by atoms with Gasteiger partial charge in [0, 0.05) is 6.08 Å². The minimum Gasteiger partial charge on any atom is -0.500 e. The highest BCUT2D eigenvalue weighted by atomic mass is 16.5. The first-order valence-electron chi connectivity index (χ1n) is 9.17. The van der Waals surface area contributed by atoms with Crippen LogP contribution in [0.25, 0.3) is 0 Å². The van der Waals surface area contributed by atoms with Crippen LogP contribution in [0.4, 0.5) is 0 Å². The summed E-state index contributed by atoms with van der Waals surface area (Å²) in [6.45, 7) is 12.5. The molecule has 0 amide bonds. The lowest BCUT2D eigenvalue weighted by Gasteiger charge is -2.53. The van der Waals surface area contributed by atoms with Crippen LogP contribution in [0.5, 0.6) is 0 Å². The summed E-state index contributed by atoms with van der Waals surface area (Å²) in [6, 6.07) is 0. The highest BCUT2D eigenvalue weighted by molar-refractivity contribution is 6.16. The number of hydrogen-bond donors (Lipinski definition) is 0. The van der Waals surface area contributed by atoms with E-state index in [0.717, 1.165) is 12.0 Å². The molecule has 2 bridgehead atoms. The maximum atomic E-state index is 13.4. The number of carbonyl (C=O) groups is 2.